The van der Waals surface area contributed by atoms with Gasteiger partial charge in [0.1, 0.15) is 5.65 Å². The first-order chi connectivity index (χ1) is 14.7. The lowest BCUT2D eigenvalue weighted by Gasteiger charge is -2.36. The molecular weight excluding hydrogens is 419 g/mol. The van der Waals surface area contributed by atoms with Crippen LogP contribution in [0, 0.1) is 17.2 Å². The molecule has 1 aliphatic rings. The fraction of sp³-hybridized carbons (Fsp3) is 0.455. The second-order valence-electron chi connectivity index (χ2n) is 9.03. The molecule has 4 heterocycles. The number of fused-ring (bicyclic) bond motifs is 1. The summed E-state index contributed by atoms with van der Waals surface area (Å²) in [5, 5.41) is 4.40. The van der Waals surface area contributed by atoms with Crippen LogP contribution in [0.2, 0.25) is 5.02 Å². The molecule has 1 aliphatic heterocycles. The lowest BCUT2D eigenvalue weighted by atomic mass is 9.91. The Morgan fingerprint density at radius 3 is 2.94 bits per heavy atom. The van der Waals surface area contributed by atoms with E-state index >= 15 is 0 Å². The van der Waals surface area contributed by atoms with Crippen LogP contribution in [0.4, 0.5) is 10.2 Å². The Labute approximate surface area is 185 Å². The topological polar surface area (TPSA) is 86.8 Å². The Morgan fingerprint density at radius 2 is 2.16 bits per heavy atom. The van der Waals surface area contributed by atoms with E-state index in [1.807, 2.05) is 25.7 Å². The van der Waals surface area contributed by atoms with Gasteiger partial charge in [-0.05, 0) is 24.8 Å². The zero-order valence-electron chi connectivity index (χ0n) is 17.9. The van der Waals surface area contributed by atoms with Gasteiger partial charge in [0.15, 0.2) is 17.5 Å². The molecule has 1 saturated heterocycles. The molecule has 3 aromatic rings. The predicted octanol–water partition coefficient (Wildman–Crippen LogP) is 4.51. The number of carbonyl (C=O) groups is 1. The number of carbonyl (C=O) groups excluding carboxylic acids is 1. The molecule has 0 aromatic carbocycles. The third-order valence-electron chi connectivity index (χ3n) is 5.49. The molecule has 1 fully saturated rings. The predicted molar refractivity (Wildman–Crippen MR) is 119 cm³/mol. The van der Waals surface area contributed by atoms with Gasteiger partial charge >= 0.3 is 0 Å². The largest absolute Gasteiger partial charge is 0.367 e. The minimum atomic E-state index is -0.516. The minimum Gasteiger partial charge on any atom is -0.367 e. The zero-order chi connectivity index (χ0) is 22.2. The quantitative estimate of drug-likeness (QED) is 0.618. The SMILES string of the molecule is CC(C)(C)C(=O)N1CCC[C@H](CNc2nc(-c3c[nH]c4ncc(Cl)cc34)ncc2F)C1. The number of halogens is 2. The second-order valence-corrected chi connectivity index (χ2v) is 9.47. The van der Waals surface area contributed by atoms with Crippen molar-refractivity contribution >= 4 is 34.4 Å². The van der Waals surface area contributed by atoms with Crippen molar-refractivity contribution in [2.45, 2.75) is 33.6 Å². The lowest BCUT2D eigenvalue weighted by Crippen LogP contribution is -2.46. The second kappa shape index (κ2) is 8.42. The van der Waals surface area contributed by atoms with Crippen molar-refractivity contribution in [2.24, 2.45) is 11.3 Å². The number of nitrogens with one attached hydrogen (secondary N) is 2. The van der Waals surface area contributed by atoms with Crippen LogP contribution < -0.4 is 5.32 Å². The maximum Gasteiger partial charge on any atom is 0.227 e. The van der Waals surface area contributed by atoms with E-state index in [0.717, 1.165) is 31.0 Å². The van der Waals surface area contributed by atoms with Gasteiger partial charge in [0.2, 0.25) is 5.91 Å². The van der Waals surface area contributed by atoms with E-state index < -0.39 is 11.2 Å². The fourth-order valence-corrected chi connectivity index (χ4v) is 4.07. The van der Waals surface area contributed by atoms with Crippen molar-refractivity contribution in [1.29, 1.82) is 0 Å². The first-order valence-electron chi connectivity index (χ1n) is 10.4. The van der Waals surface area contributed by atoms with Crippen molar-refractivity contribution in [3.8, 4) is 11.4 Å². The molecule has 0 unspecified atom stereocenters. The molecule has 164 valence electrons. The Kier molecular flexibility index (Phi) is 5.83. The molecule has 0 spiro atoms. The smallest absolute Gasteiger partial charge is 0.227 e. The molecule has 0 bridgehead atoms. The van der Waals surface area contributed by atoms with Crippen molar-refractivity contribution in [3.63, 3.8) is 0 Å². The van der Waals surface area contributed by atoms with E-state index in [-0.39, 0.29) is 17.6 Å². The number of pyridine rings is 1. The van der Waals surface area contributed by atoms with E-state index in [4.69, 9.17) is 11.6 Å². The number of aromatic nitrogens is 4. The summed E-state index contributed by atoms with van der Waals surface area (Å²) in [5.74, 6) is 0.396. The zero-order valence-corrected chi connectivity index (χ0v) is 18.6. The summed E-state index contributed by atoms with van der Waals surface area (Å²) in [4.78, 5) is 30.4. The number of amides is 1. The average molecular weight is 445 g/mol. The average Bonchev–Trinajstić information content (AvgIpc) is 3.15. The van der Waals surface area contributed by atoms with Crippen LogP contribution in [-0.4, -0.2) is 50.4 Å². The molecule has 31 heavy (non-hydrogen) atoms. The van der Waals surface area contributed by atoms with Gasteiger partial charge in [-0.3, -0.25) is 4.79 Å². The third-order valence-corrected chi connectivity index (χ3v) is 5.70. The van der Waals surface area contributed by atoms with E-state index in [1.54, 1.807) is 18.5 Å². The number of aromatic amines is 1. The van der Waals surface area contributed by atoms with E-state index in [1.165, 1.54) is 0 Å². The number of anilines is 1. The van der Waals surface area contributed by atoms with Crippen LogP contribution in [0.5, 0.6) is 0 Å². The van der Waals surface area contributed by atoms with Gasteiger partial charge in [-0.25, -0.2) is 19.3 Å². The maximum absolute atomic E-state index is 14.4. The minimum absolute atomic E-state index is 0.147. The maximum atomic E-state index is 14.4. The van der Waals surface area contributed by atoms with E-state index in [0.29, 0.717) is 35.1 Å². The Hall–Kier alpha value is -2.74. The van der Waals surface area contributed by atoms with Crippen LogP contribution in [0.25, 0.3) is 22.4 Å². The van der Waals surface area contributed by atoms with Crippen LogP contribution in [0.3, 0.4) is 0 Å². The Balaban J connectivity index is 1.49. The number of H-pyrrole nitrogens is 1. The number of likely N-dealkylation sites (tertiary alicyclic amines) is 1. The highest BCUT2D eigenvalue weighted by molar-refractivity contribution is 6.31. The summed E-state index contributed by atoms with van der Waals surface area (Å²) in [7, 11) is 0. The van der Waals surface area contributed by atoms with Gasteiger partial charge in [0.05, 0.1) is 11.2 Å². The molecule has 1 atom stereocenters. The standard InChI is InChI=1S/C22H26ClFN6O/c1-22(2,3)21(31)30-6-4-5-13(12-30)8-25-20-17(24)11-28-19(29-20)16-10-27-18-15(16)7-14(23)9-26-18/h7,9-11,13H,4-6,8,12H2,1-3H3,(H,26,27)(H,25,28,29)/t13-/m1/s1. The highest BCUT2D eigenvalue weighted by Gasteiger charge is 2.31. The first kappa shape index (κ1) is 21.5. The van der Waals surface area contributed by atoms with Crippen molar-refractivity contribution in [2.75, 3.05) is 25.0 Å². The highest BCUT2D eigenvalue weighted by Crippen LogP contribution is 2.29. The van der Waals surface area contributed by atoms with Crippen molar-refractivity contribution < 1.29 is 9.18 Å². The molecule has 2 N–H and O–H groups in total. The molecule has 4 rings (SSSR count). The van der Waals surface area contributed by atoms with Gasteiger partial charge in [-0.2, -0.15) is 0 Å². The number of hydrogen-bond acceptors (Lipinski definition) is 5. The van der Waals surface area contributed by atoms with Gasteiger partial charge in [0, 0.05) is 48.4 Å². The van der Waals surface area contributed by atoms with Crippen molar-refractivity contribution in [3.05, 3.63) is 35.5 Å². The molecule has 9 heteroatoms. The van der Waals surface area contributed by atoms with Gasteiger partial charge in [-0.1, -0.05) is 32.4 Å². The molecular formula is C22H26ClFN6O. The normalized spacial score (nSPS) is 17.2. The summed E-state index contributed by atoms with van der Waals surface area (Å²) < 4.78 is 14.4. The molecule has 3 aromatic heterocycles. The number of hydrogen-bond donors (Lipinski definition) is 2. The summed E-state index contributed by atoms with van der Waals surface area (Å²) in [6.45, 7) is 7.76. The molecule has 0 radical (unpaired) electrons. The van der Waals surface area contributed by atoms with Gasteiger partial charge in [0.25, 0.3) is 0 Å². The van der Waals surface area contributed by atoms with Gasteiger partial charge in [-0.15, -0.1) is 0 Å². The highest BCUT2D eigenvalue weighted by atomic mass is 35.5. The third kappa shape index (κ3) is 4.63. The fourth-order valence-electron chi connectivity index (χ4n) is 3.92. The van der Waals surface area contributed by atoms with E-state index in [2.05, 4.69) is 25.3 Å². The number of nitrogens with zero attached hydrogens (tertiary/aromatic N) is 4. The molecule has 1 amide bonds. The summed E-state index contributed by atoms with van der Waals surface area (Å²) in [6.07, 6.45) is 6.38. The van der Waals surface area contributed by atoms with Crippen molar-refractivity contribution in [1.82, 2.24) is 24.8 Å². The summed E-state index contributed by atoms with van der Waals surface area (Å²) in [5.41, 5.74) is 0.959. The molecule has 0 aliphatic carbocycles. The van der Waals surface area contributed by atoms with Crippen LogP contribution in [-0.2, 0) is 4.79 Å². The number of rotatable bonds is 4. The summed E-state index contributed by atoms with van der Waals surface area (Å²) >= 11 is 6.07. The van der Waals surface area contributed by atoms with E-state index in [9.17, 15) is 9.18 Å². The molecule has 0 saturated carbocycles. The van der Waals surface area contributed by atoms with Crippen LogP contribution >= 0.6 is 11.6 Å². The summed E-state index contributed by atoms with van der Waals surface area (Å²) in [6, 6.07) is 1.78. The lowest BCUT2D eigenvalue weighted by molar-refractivity contribution is -0.141. The molecule has 7 nitrogen and oxygen atoms in total. The van der Waals surface area contributed by atoms with Crippen LogP contribution in [0.15, 0.2) is 24.7 Å². The Bertz CT molecular complexity index is 1110. The first-order valence-corrected chi connectivity index (χ1v) is 10.8. The number of piperidine rings is 1. The Morgan fingerprint density at radius 1 is 1.35 bits per heavy atom. The monoisotopic (exact) mass is 444 g/mol. The van der Waals surface area contributed by atoms with Gasteiger partial charge < -0.3 is 15.2 Å². The van der Waals surface area contributed by atoms with Crippen LogP contribution in [0.1, 0.15) is 33.6 Å².